The standard InChI is InChI=1S/C16H14ClF2NO/c17-15-4-3-13(8-16(15)19)21-14-6-10(5-11(18)7-14)9-20-12-1-2-12/h3-8,12,20H,1-2,9H2. The van der Waals surface area contributed by atoms with Gasteiger partial charge in [-0.1, -0.05) is 11.6 Å². The van der Waals surface area contributed by atoms with Crippen molar-refractivity contribution in [2.45, 2.75) is 25.4 Å². The summed E-state index contributed by atoms with van der Waals surface area (Å²) in [4.78, 5) is 0. The minimum atomic E-state index is -0.568. The first-order chi connectivity index (χ1) is 10.1. The van der Waals surface area contributed by atoms with Crippen molar-refractivity contribution in [3.63, 3.8) is 0 Å². The van der Waals surface area contributed by atoms with Crippen LogP contribution in [0.15, 0.2) is 36.4 Å². The smallest absolute Gasteiger partial charge is 0.145 e. The molecule has 0 amide bonds. The van der Waals surface area contributed by atoms with E-state index in [2.05, 4.69) is 5.32 Å². The second-order valence-corrected chi connectivity index (χ2v) is 5.54. The highest BCUT2D eigenvalue weighted by molar-refractivity contribution is 6.30. The maximum absolute atomic E-state index is 13.6. The lowest BCUT2D eigenvalue weighted by Gasteiger charge is -2.09. The molecule has 3 rings (SSSR count). The predicted molar refractivity (Wildman–Crippen MR) is 77.7 cm³/mol. The molecule has 21 heavy (non-hydrogen) atoms. The second-order valence-electron chi connectivity index (χ2n) is 5.13. The van der Waals surface area contributed by atoms with Gasteiger partial charge in [-0.05, 0) is 42.7 Å². The van der Waals surface area contributed by atoms with Crippen LogP contribution in [0.3, 0.4) is 0 Å². The lowest BCUT2D eigenvalue weighted by atomic mass is 10.2. The van der Waals surface area contributed by atoms with Crippen LogP contribution >= 0.6 is 11.6 Å². The van der Waals surface area contributed by atoms with E-state index < -0.39 is 5.82 Å². The Bertz CT molecular complexity index is 659. The summed E-state index contributed by atoms with van der Waals surface area (Å²) in [5, 5.41) is 3.33. The topological polar surface area (TPSA) is 21.3 Å². The van der Waals surface area contributed by atoms with Gasteiger partial charge in [0.05, 0.1) is 5.02 Å². The maximum atomic E-state index is 13.6. The Kier molecular flexibility index (Phi) is 4.08. The van der Waals surface area contributed by atoms with E-state index in [-0.39, 0.29) is 16.6 Å². The normalized spacial score (nSPS) is 14.2. The molecule has 1 saturated carbocycles. The van der Waals surface area contributed by atoms with Crippen molar-refractivity contribution in [1.82, 2.24) is 5.32 Å². The average molecular weight is 310 g/mol. The van der Waals surface area contributed by atoms with Crippen molar-refractivity contribution in [2.24, 2.45) is 0 Å². The molecule has 0 spiro atoms. The van der Waals surface area contributed by atoms with E-state index in [1.165, 1.54) is 37.1 Å². The zero-order valence-corrected chi connectivity index (χ0v) is 12.0. The molecule has 1 fully saturated rings. The van der Waals surface area contributed by atoms with E-state index >= 15 is 0 Å². The Morgan fingerprint density at radius 1 is 1.10 bits per heavy atom. The minimum Gasteiger partial charge on any atom is -0.457 e. The molecule has 0 heterocycles. The summed E-state index contributed by atoms with van der Waals surface area (Å²) in [6.07, 6.45) is 2.34. The molecule has 5 heteroatoms. The Labute approximate surface area is 126 Å². The van der Waals surface area contributed by atoms with Gasteiger partial charge >= 0.3 is 0 Å². The molecule has 2 aromatic carbocycles. The van der Waals surface area contributed by atoms with Gasteiger partial charge in [0, 0.05) is 24.7 Å². The van der Waals surface area contributed by atoms with Crippen molar-refractivity contribution in [3.8, 4) is 11.5 Å². The third-order valence-corrected chi connectivity index (χ3v) is 3.54. The molecule has 2 nitrogen and oxygen atoms in total. The molecule has 0 saturated heterocycles. The quantitative estimate of drug-likeness (QED) is 0.867. The molecule has 2 aromatic rings. The van der Waals surface area contributed by atoms with Gasteiger partial charge in [0.25, 0.3) is 0 Å². The number of hydrogen-bond acceptors (Lipinski definition) is 2. The van der Waals surface area contributed by atoms with Crippen molar-refractivity contribution in [1.29, 1.82) is 0 Å². The molecule has 1 N–H and O–H groups in total. The van der Waals surface area contributed by atoms with Gasteiger partial charge < -0.3 is 10.1 Å². The van der Waals surface area contributed by atoms with Gasteiger partial charge in [-0.3, -0.25) is 0 Å². The Hall–Kier alpha value is -1.65. The summed E-state index contributed by atoms with van der Waals surface area (Å²) in [6, 6.07) is 9.14. The largest absolute Gasteiger partial charge is 0.457 e. The molecule has 0 radical (unpaired) electrons. The van der Waals surface area contributed by atoms with Crippen LogP contribution in [0.1, 0.15) is 18.4 Å². The first-order valence-corrected chi connectivity index (χ1v) is 7.14. The molecule has 0 unspecified atom stereocenters. The Morgan fingerprint density at radius 3 is 2.62 bits per heavy atom. The fraction of sp³-hybridized carbons (Fsp3) is 0.250. The lowest BCUT2D eigenvalue weighted by Crippen LogP contribution is -2.15. The van der Waals surface area contributed by atoms with Gasteiger partial charge in [0.1, 0.15) is 23.1 Å². The zero-order valence-electron chi connectivity index (χ0n) is 11.2. The maximum Gasteiger partial charge on any atom is 0.145 e. The number of benzene rings is 2. The Morgan fingerprint density at radius 2 is 1.90 bits per heavy atom. The van der Waals surface area contributed by atoms with Gasteiger partial charge in [0.15, 0.2) is 0 Å². The van der Waals surface area contributed by atoms with E-state index in [1.54, 1.807) is 12.1 Å². The van der Waals surface area contributed by atoms with E-state index in [4.69, 9.17) is 16.3 Å². The summed E-state index contributed by atoms with van der Waals surface area (Å²) in [5.41, 5.74) is 0.798. The van der Waals surface area contributed by atoms with E-state index in [9.17, 15) is 8.78 Å². The van der Waals surface area contributed by atoms with Crippen LogP contribution in [0.2, 0.25) is 5.02 Å². The molecule has 0 bridgehead atoms. The summed E-state index contributed by atoms with van der Waals surface area (Å²) in [6.45, 7) is 0.591. The van der Waals surface area contributed by atoms with E-state index in [0.717, 1.165) is 5.56 Å². The van der Waals surface area contributed by atoms with Crippen molar-refractivity contribution in [2.75, 3.05) is 0 Å². The van der Waals surface area contributed by atoms with Crippen LogP contribution in [-0.4, -0.2) is 6.04 Å². The van der Waals surface area contributed by atoms with Crippen LogP contribution in [0.4, 0.5) is 8.78 Å². The number of nitrogens with one attached hydrogen (secondary N) is 1. The molecular formula is C16H14ClF2NO. The number of halogens is 3. The van der Waals surface area contributed by atoms with Crippen LogP contribution in [-0.2, 0) is 6.54 Å². The van der Waals surface area contributed by atoms with Crippen molar-refractivity contribution >= 4 is 11.6 Å². The molecule has 110 valence electrons. The average Bonchev–Trinajstić information content (AvgIpc) is 3.24. The van der Waals surface area contributed by atoms with E-state index in [1.807, 2.05) is 0 Å². The van der Waals surface area contributed by atoms with Crippen molar-refractivity contribution in [3.05, 3.63) is 58.6 Å². The van der Waals surface area contributed by atoms with Crippen LogP contribution in [0.5, 0.6) is 11.5 Å². The fourth-order valence-electron chi connectivity index (χ4n) is 2.01. The summed E-state index contributed by atoms with van der Waals surface area (Å²) >= 11 is 5.61. The molecule has 0 aromatic heterocycles. The highest BCUT2D eigenvalue weighted by Gasteiger charge is 2.20. The highest BCUT2D eigenvalue weighted by Crippen LogP contribution is 2.27. The van der Waals surface area contributed by atoms with Gasteiger partial charge in [-0.25, -0.2) is 8.78 Å². The monoisotopic (exact) mass is 309 g/mol. The summed E-state index contributed by atoms with van der Waals surface area (Å²) < 4.78 is 32.5. The minimum absolute atomic E-state index is 0.0240. The lowest BCUT2D eigenvalue weighted by molar-refractivity contribution is 0.470. The third-order valence-electron chi connectivity index (χ3n) is 3.23. The number of hydrogen-bond donors (Lipinski definition) is 1. The SMILES string of the molecule is Fc1cc(CNC2CC2)cc(Oc2ccc(Cl)c(F)c2)c1. The summed E-state index contributed by atoms with van der Waals surface area (Å²) in [7, 11) is 0. The van der Waals surface area contributed by atoms with E-state index in [0.29, 0.717) is 18.3 Å². The third kappa shape index (κ3) is 3.93. The van der Waals surface area contributed by atoms with Crippen molar-refractivity contribution < 1.29 is 13.5 Å². The summed E-state index contributed by atoms with van der Waals surface area (Å²) in [5.74, 6) is -0.330. The second kappa shape index (κ2) is 6.00. The first-order valence-electron chi connectivity index (χ1n) is 6.76. The van der Waals surface area contributed by atoms with Crippen LogP contribution in [0.25, 0.3) is 0 Å². The van der Waals surface area contributed by atoms with Crippen LogP contribution < -0.4 is 10.1 Å². The van der Waals surface area contributed by atoms with Gasteiger partial charge in [-0.2, -0.15) is 0 Å². The highest BCUT2D eigenvalue weighted by atomic mass is 35.5. The molecule has 0 aliphatic heterocycles. The zero-order chi connectivity index (χ0) is 14.8. The molecule has 1 aliphatic rings. The van der Waals surface area contributed by atoms with Gasteiger partial charge in [0.2, 0.25) is 0 Å². The molecular weight excluding hydrogens is 296 g/mol. The Balaban J connectivity index is 1.75. The number of ether oxygens (including phenoxy) is 1. The predicted octanol–water partition coefficient (Wildman–Crippen LogP) is 4.66. The number of rotatable bonds is 5. The fourth-order valence-corrected chi connectivity index (χ4v) is 2.13. The molecule has 0 atom stereocenters. The molecule has 1 aliphatic carbocycles. The van der Waals surface area contributed by atoms with Gasteiger partial charge in [-0.15, -0.1) is 0 Å². The van der Waals surface area contributed by atoms with Crippen LogP contribution in [0, 0.1) is 11.6 Å². The first kappa shape index (κ1) is 14.3.